The molecule has 0 bridgehead atoms. The molecule has 1 rings (SSSR count). The first kappa shape index (κ1) is 14.4. The van der Waals surface area contributed by atoms with Crippen molar-refractivity contribution in [2.45, 2.75) is 37.3 Å². The Labute approximate surface area is 107 Å². The third-order valence-corrected chi connectivity index (χ3v) is 3.61. The van der Waals surface area contributed by atoms with Gasteiger partial charge in [-0.05, 0) is 32.1 Å². The predicted octanol–water partition coefficient (Wildman–Crippen LogP) is 1.71. The Bertz CT molecular complexity index is 310. The Kier molecular flexibility index (Phi) is 6.47. The van der Waals surface area contributed by atoms with E-state index < -0.39 is 0 Å². The largest absolute Gasteiger partial charge is 0.394 e. The average Bonchev–Trinajstić information content (AvgIpc) is 2.36. The number of likely N-dealkylation sites (N-methyl/N-ethyl adjacent to an activating group) is 1. The summed E-state index contributed by atoms with van der Waals surface area (Å²) in [5.41, 5.74) is -0.155. The molecule has 96 valence electrons. The Balaban J connectivity index is 2.23. The number of thioether (sulfide) groups is 1. The van der Waals surface area contributed by atoms with Gasteiger partial charge in [0, 0.05) is 17.9 Å². The van der Waals surface area contributed by atoms with Crippen molar-refractivity contribution in [1.29, 1.82) is 0 Å². The summed E-state index contributed by atoms with van der Waals surface area (Å²) in [6.45, 7) is 5.18. The van der Waals surface area contributed by atoms with Crippen molar-refractivity contribution in [3.8, 4) is 0 Å². The summed E-state index contributed by atoms with van der Waals surface area (Å²) in [6.07, 6.45) is 7.17. The van der Waals surface area contributed by atoms with Crippen LogP contribution in [0.2, 0.25) is 0 Å². The summed E-state index contributed by atoms with van der Waals surface area (Å²) in [7, 11) is 0. The molecule has 0 saturated carbocycles. The second-order valence-electron chi connectivity index (χ2n) is 4.24. The van der Waals surface area contributed by atoms with E-state index in [9.17, 15) is 5.11 Å². The van der Waals surface area contributed by atoms with E-state index in [-0.39, 0.29) is 12.1 Å². The van der Waals surface area contributed by atoms with Crippen LogP contribution in [0.4, 0.5) is 0 Å². The van der Waals surface area contributed by atoms with Gasteiger partial charge in [0.05, 0.1) is 12.8 Å². The fraction of sp³-hybridized carbons (Fsp3) is 0.667. The molecule has 0 spiro atoms. The van der Waals surface area contributed by atoms with Crippen LogP contribution in [0.5, 0.6) is 0 Å². The quantitative estimate of drug-likeness (QED) is 0.547. The van der Waals surface area contributed by atoms with Crippen molar-refractivity contribution in [3.63, 3.8) is 0 Å². The Morgan fingerprint density at radius 1 is 1.47 bits per heavy atom. The second kappa shape index (κ2) is 7.63. The summed E-state index contributed by atoms with van der Waals surface area (Å²) < 4.78 is 0. The molecule has 0 saturated heterocycles. The normalized spacial score (nSPS) is 14.5. The molecule has 1 heterocycles. The van der Waals surface area contributed by atoms with E-state index in [0.717, 1.165) is 30.2 Å². The molecule has 0 aromatic carbocycles. The Hall–Kier alpha value is -0.650. The summed E-state index contributed by atoms with van der Waals surface area (Å²) in [5.74, 6) is 1.000. The predicted molar refractivity (Wildman–Crippen MR) is 71.2 cm³/mol. The van der Waals surface area contributed by atoms with Crippen molar-refractivity contribution in [2.24, 2.45) is 0 Å². The van der Waals surface area contributed by atoms with Gasteiger partial charge in [0.2, 0.25) is 0 Å². The van der Waals surface area contributed by atoms with Crippen LogP contribution < -0.4 is 5.32 Å². The van der Waals surface area contributed by atoms with Crippen LogP contribution in [0.1, 0.15) is 26.7 Å². The molecule has 1 aromatic heterocycles. The van der Waals surface area contributed by atoms with Gasteiger partial charge in [-0.2, -0.15) is 0 Å². The van der Waals surface area contributed by atoms with Gasteiger partial charge in [-0.15, -0.1) is 11.8 Å². The highest BCUT2D eigenvalue weighted by Crippen LogP contribution is 2.18. The summed E-state index contributed by atoms with van der Waals surface area (Å²) in [6, 6.07) is 0. The van der Waals surface area contributed by atoms with Crippen LogP contribution in [-0.4, -0.2) is 39.5 Å². The van der Waals surface area contributed by atoms with Gasteiger partial charge in [0.25, 0.3) is 0 Å². The minimum atomic E-state index is -0.155. The molecule has 2 N–H and O–H groups in total. The standard InChI is InChI=1S/C12H21N3OS/c1-3-15-12(2,10-16)5-4-8-17-11-9-13-6-7-14-11/h6-7,9,15-16H,3-5,8,10H2,1-2H3. The smallest absolute Gasteiger partial charge is 0.114 e. The van der Waals surface area contributed by atoms with E-state index >= 15 is 0 Å². The van der Waals surface area contributed by atoms with Gasteiger partial charge in [-0.1, -0.05) is 6.92 Å². The van der Waals surface area contributed by atoms with E-state index in [1.807, 2.05) is 0 Å². The van der Waals surface area contributed by atoms with Gasteiger partial charge in [0.1, 0.15) is 5.03 Å². The fourth-order valence-corrected chi connectivity index (χ4v) is 2.42. The van der Waals surface area contributed by atoms with Crippen LogP contribution in [-0.2, 0) is 0 Å². The lowest BCUT2D eigenvalue weighted by Crippen LogP contribution is -2.45. The van der Waals surface area contributed by atoms with E-state index in [4.69, 9.17) is 0 Å². The first-order valence-corrected chi connectivity index (χ1v) is 6.93. The molecule has 0 aliphatic rings. The molecule has 4 nitrogen and oxygen atoms in total. The number of aromatic nitrogens is 2. The third kappa shape index (κ3) is 5.48. The maximum atomic E-state index is 9.34. The lowest BCUT2D eigenvalue weighted by atomic mass is 9.97. The number of aliphatic hydroxyl groups is 1. The molecule has 0 aliphatic carbocycles. The molecule has 1 atom stereocenters. The zero-order valence-corrected chi connectivity index (χ0v) is 11.3. The maximum Gasteiger partial charge on any atom is 0.114 e. The molecule has 0 fully saturated rings. The zero-order valence-electron chi connectivity index (χ0n) is 10.5. The monoisotopic (exact) mass is 255 g/mol. The highest BCUT2D eigenvalue weighted by molar-refractivity contribution is 7.99. The van der Waals surface area contributed by atoms with Gasteiger partial charge in [-0.3, -0.25) is 4.98 Å². The average molecular weight is 255 g/mol. The van der Waals surface area contributed by atoms with Crippen molar-refractivity contribution in [1.82, 2.24) is 15.3 Å². The molecule has 1 aromatic rings. The summed E-state index contributed by atoms with van der Waals surface area (Å²) in [4.78, 5) is 8.23. The van der Waals surface area contributed by atoms with Crippen LogP contribution in [0.15, 0.2) is 23.6 Å². The van der Waals surface area contributed by atoms with Crippen molar-refractivity contribution >= 4 is 11.8 Å². The molecule has 0 radical (unpaired) electrons. The van der Waals surface area contributed by atoms with Crippen LogP contribution in [0.3, 0.4) is 0 Å². The van der Waals surface area contributed by atoms with E-state index in [2.05, 4.69) is 29.1 Å². The van der Waals surface area contributed by atoms with Crippen LogP contribution in [0.25, 0.3) is 0 Å². The summed E-state index contributed by atoms with van der Waals surface area (Å²) >= 11 is 1.71. The second-order valence-corrected chi connectivity index (χ2v) is 5.36. The molecular formula is C12H21N3OS. The van der Waals surface area contributed by atoms with Gasteiger partial charge < -0.3 is 10.4 Å². The van der Waals surface area contributed by atoms with Crippen molar-refractivity contribution in [2.75, 3.05) is 18.9 Å². The van der Waals surface area contributed by atoms with Gasteiger partial charge in [0.15, 0.2) is 0 Å². The molecule has 0 aliphatic heterocycles. The fourth-order valence-electron chi connectivity index (χ4n) is 1.65. The Morgan fingerprint density at radius 2 is 2.29 bits per heavy atom. The number of nitrogens with zero attached hydrogens (tertiary/aromatic N) is 2. The van der Waals surface area contributed by atoms with E-state index in [1.54, 1.807) is 30.4 Å². The van der Waals surface area contributed by atoms with Crippen molar-refractivity contribution < 1.29 is 5.11 Å². The number of hydrogen-bond acceptors (Lipinski definition) is 5. The lowest BCUT2D eigenvalue weighted by Gasteiger charge is -2.28. The molecule has 0 amide bonds. The molecule has 1 unspecified atom stereocenters. The number of hydrogen-bond donors (Lipinski definition) is 2. The highest BCUT2D eigenvalue weighted by atomic mass is 32.2. The van der Waals surface area contributed by atoms with Gasteiger partial charge in [-0.25, -0.2) is 4.98 Å². The lowest BCUT2D eigenvalue weighted by molar-refractivity contribution is 0.167. The third-order valence-electron chi connectivity index (χ3n) is 2.61. The first-order chi connectivity index (χ1) is 8.20. The summed E-state index contributed by atoms with van der Waals surface area (Å²) in [5, 5.41) is 13.6. The number of nitrogens with one attached hydrogen (secondary N) is 1. The first-order valence-electron chi connectivity index (χ1n) is 5.95. The van der Waals surface area contributed by atoms with E-state index in [1.165, 1.54) is 0 Å². The minimum absolute atomic E-state index is 0.155. The Morgan fingerprint density at radius 3 is 2.88 bits per heavy atom. The van der Waals surface area contributed by atoms with Crippen LogP contribution in [0, 0.1) is 0 Å². The zero-order chi connectivity index (χ0) is 12.6. The van der Waals surface area contributed by atoms with Gasteiger partial charge >= 0.3 is 0 Å². The molecule has 5 heteroatoms. The highest BCUT2D eigenvalue weighted by Gasteiger charge is 2.20. The number of rotatable bonds is 8. The van der Waals surface area contributed by atoms with Crippen LogP contribution >= 0.6 is 11.8 Å². The van der Waals surface area contributed by atoms with E-state index in [0.29, 0.717) is 0 Å². The topological polar surface area (TPSA) is 58.0 Å². The SMILES string of the molecule is CCNC(C)(CO)CCCSc1cnccn1. The number of aliphatic hydroxyl groups excluding tert-OH is 1. The minimum Gasteiger partial charge on any atom is -0.394 e. The van der Waals surface area contributed by atoms with Crippen molar-refractivity contribution in [3.05, 3.63) is 18.6 Å². The molecular weight excluding hydrogens is 234 g/mol. The maximum absolute atomic E-state index is 9.34. The molecule has 17 heavy (non-hydrogen) atoms.